The second-order valence-corrected chi connectivity index (χ2v) is 4.52. The van der Waals surface area contributed by atoms with E-state index in [1.165, 1.54) is 0 Å². The van der Waals surface area contributed by atoms with Crippen LogP contribution in [0, 0.1) is 0 Å². The van der Waals surface area contributed by atoms with Crippen LogP contribution in [-0.4, -0.2) is 30.3 Å². The first-order valence-electron chi connectivity index (χ1n) is 5.60. The first-order chi connectivity index (χ1) is 9.22. The largest absolute Gasteiger partial charge is 0.474 e. The predicted molar refractivity (Wildman–Crippen MR) is 74.9 cm³/mol. The molecule has 0 N–H and O–H groups in total. The van der Waals surface area contributed by atoms with Crippen molar-refractivity contribution in [2.75, 3.05) is 20.3 Å². The summed E-state index contributed by atoms with van der Waals surface area (Å²) in [6.07, 6.45) is 3.15. The van der Waals surface area contributed by atoms with Gasteiger partial charge in [-0.05, 0) is 18.2 Å². The summed E-state index contributed by atoms with van der Waals surface area (Å²) in [5.41, 5.74) is 1.31. The van der Waals surface area contributed by atoms with Crippen molar-refractivity contribution in [3.05, 3.63) is 40.6 Å². The van der Waals surface area contributed by atoms with Gasteiger partial charge in [0, 0.05) is 30.1 Å². The van der Waals surface area contributed by atoms with Gasteiger partial charge in [-0.2, -0.15) is 0 Å². The van der Waals surface area contributed by atoms with Gasteiger partial charge in [-0.3, -0.25) is 0 Å². The maximum Gasteiger partial charge on any atom is 0.240 e. The van der Waals surface area contributed by atoms with Crippen molar-refractivity contribution in [2.24, 2.45) is 0 Å². The Kier molecular flexibility index (Phi) is 4.96. The Hall–Kier alpha value is -1.36. The first kappa shape index (κ1) is 14.1. The lowest BCUT2D eigenvalue weighted by Crippen LogP contribution is -2.07. The zero-order valence-corrected chi connectivity index (χ0v) is 11.8. The topological polar surface area (TPSA) is 44.2 Å². The van der Waals surface area contributed by atoms with Crippen LogP contribution >= 0.6 is 23.2 Å². The number of aromatic nitrogens is 2. The number of halogens is 2. The highest BCUT2D eigenvalue weighted by atomic mass is 35.5. The van der Waals surface area contributed by atoms with Crippen molar-refractivity contribution in [1.82, 2.24) is 9.97 Å². The van der Waals surface area contributed by atoms with Gasteiger partial charge >= 0.3 is 0 Å². The van der Waals surface area contributed by atoms with Crippen LogP contribution in [-0.2, 0) is 4.74 Å². The molecule has 19 heavy (non-hydrogen) atoms. The highest BCUT2D eigenvalue weighted by Gasteiger charge is 2.12. The maximum absolute atomic E-state index is 6.16. The standard InChI is InChI=1S/C13H12Cl2N2O2/c1-18-6-7-19-13-12(16-4-5-17-13)10-3-2-9(14)8-11(10)15/h2-5,8H,6-7H2,1H3. The third-order valence-corrected chi connectivity index (χ3v) is 2.92. The molecule has 0 radical (unpaired) electrons. The monoisotopic (exact) mass is 298 g/mol. The second kappa shape index (κ2) is 6.70. The van der Waals surface area contributed by atoms with Gasteiger partial charge in [0.1, 0.15) is 12.3 Å². The van der Waals surface area contributed by atoms with E-state index in [4.69, 9.17) is 32.7 Å². The van der Waals surface area contributed by atoms with Crippen molar-refractivity contribution in [3.8, 4) is 17.1 Å². The van der Waals surface area contributed by atoms with Crippen molar-refractivity contribution in [3.63, 3.8) is 0 Å². The number of methoxy groups -OCH3 is 1. The lowest BCUT2D eigenvalue weighted by molar-refractivity contribution is 0.144. The minimum Gasteiger partial charge on any atom is -0.474 e. The van der Waals surface area contributed by atoms with Crippen molar-refractivity contribution < 1.29 is 9.47 Å². The maximum atomic E-state index is 6.16. The van der Waals surface area contributed by atoms with E-state index >= 15 is 0 Å². The molecular weight excluding hydrogens is 287 g/mol. The van der Waals surface area contributed by atoms with Gasteiger partial charge < -0.3 is 9.47 Å². The summed E-state index contributed by atoms with van der Waals surface area (Å²) in [6.45, 7) is 0.873. The van der Waals surface area contributed by atoms with Crippen LogP contribution in [0.3, 0.4) is 0 Å². The zero-order valence-electron chi connectivity index (χ0n) is 10.3. The molecule has 0 fully saturated rings. The van der Waals surface area contributed by atoms with Crippen molar-refractivity contribution in [2.45, 2.75) is 0 Å². The fourth-order valence-electron chi connectivity index (χ4n) is 1.52. The van der Waals surface area contributed by atoms with Gasteiger partial charge in [0.05, 0.1) is 11.6 Å². The molecule has 1 heterocycles. The van der Waals surface area contributed by atoms with E-state index in [1.807, 2.05) is 0 Å². The Morgan fingerprint density at radius 3 is 2.63 bits per heavy atom. The summed E-state index contributed by atoms with van der Waals surface area (Å²) in [7, 11) is 1.61. The fourth-order valence-corrected chi connectivity index (χ4v) is 2.02. The van der Waals surface area contributed by atoms with E-state index in [9.17, 15) is 0 Å². The SMILES string of the molecule is COCCOc1nccnc1-c1ccc(Cl)cc1Cl. The Morgan fingerprint density at radius 1 is 1.11 bits per heavy atom. The van der Waals surface area contributed by atoms with Crippen molar-refractivity contribution in [1.29, 1.82) is 0 Å². The average Bonchev–Trinajstić information content (AvgIpc) is 2.40. The predicted octanol–water partition coefficient (Wildman–Crippen LogP) is 3.48. The molecule has 6 heteroatoms. The third-order valence-electron chi connectivity index (χ3n) is 2.38. The highest BCUT2D eigenvalue weighted by Crippen LogP contribution is 2.33. The molecule has 1 aromatic carbocycles. The molecule has 0 spiro atoms. The normalized spacial score (nSPS) is 10.5. The van der Waals surface area contributed by atoms with E-state index in [0.717, 1.165) is 5.56 Å². The molecule has 0 saturated heterocycles. The number of benzene rings is 1. The molecule has 100 valence electrons. The molecule has 4 nitrogen and oxygen atoms in total. The second-order valence-electron chi connectivity index (χ2n) is 3.68. The van der Waals surface area contributed by atoms with Crippen LogP contribution in [0.25, 0.3) is 11.3 Å². The number of nitrogens with zero attached hydrogens (tertiary/aromatic N) is 2. The van der Waals surface area contributed by atoms with Gasteiger partial charge in [0.2, 0.25) is 5.88 Å². The number of hydrogen-bond donors (Lipinski definition) is 0. The van der Waals surface area contributed by atoms with Gasteiger partial charge in [-0.1, -0.05) is 23.2 Å². The quantitative estimate of drug-likeness (QED) is 0.793. The van der Waals surface area contributed by atoms with E-state index in [0.29, 0.717) is 34.8 Å². The smallest absolute Gasteiger partial charge is 0.240 e. The lowest BCUT2D eigenvalue weighted by Gasteiger charge is -2.10. The summed E-state index contributed by atoms with van der Waals surface area (Å²) in [5.74, 6) is 0.420. The van der Waals surface area contributed by atoms with Gasteiger partial charge in [-0.25, -0.2) is 9.97 Å². The molecule has 0 unspecified atom stereocenters. The van der Waals surface area contributed by atoms with E-state index in [1.54, 1.807) is 37.7 Å². The Balaban J connectivity index is 2.33. The summed E-state index contributed by atoms with van der Waals surface area (Å²) < 4.78 is 10.5. The number of ether oxygens (including phenoxy) is 2. The summed E-state index contributed by atoms with van der Waals surface area (Å²) >= 11 is 12.0. The molecule has 0 aliphatic carbocycles. The minimum atomic E-state index is 0.396. The van der Waals surface area contributed by atoms with E-state index in [2.05, 4.69) is 9.97 Å². The fraction of sp³-hybridized carbons (Fsp3) is 0.231. The molecule has 0 atom stereocenters. The van der Waals surface area contributed by atoms with Gasteiger partial charge in [0.25, 0.3) is 0 Å². The molecule has 2 aromatic rings. The lowest BCUT2D eigenvalue weighted by atomic mass is 10.1. The van der Waals surface area contributed by atoms with Crippen LogP contribution in [0.1, 0.15) is 0 Å². The summed E-state index contributed by atoms with van der Waals surface area (Å²) in [5, 5.41) is 1.07. The third kappa shape index (κ3) is 3.56. The first-order valence-corrected chi connectivity index (χ1v) is 6.36. The molecule has 0 aliphatic heterocycles. The molecule has 0 saturated carbocycles. The number of rotatable bonds is 5. The molecule has 2 rings (SSSR count). The van der Waals surface area contributed by atoms with Crippen LogP contribution in [0.15, 0.2) is 30.6 Å². The summed E-state index contributed by atoms with van der Waals surface area (Å²) in [6, 6.07) is 5.19. The van der Waals surface area contributed by atoms with Crippen LogP contribution in [0.4, 0.5) is 0 Å². The van der Waals surface area contributed by atoms with E-state index < -0.39 is 0 Å². The van der Waals surface area contributed by atoms with Gasteiger partial charge in [0.15, 0.2) is 0 Å². The van der Waals surface area contributed by atoms with E-state index in [-0.39, 0.29) is 0 Å². The molecule has 0 bridgehead atoms. The zero-order chi connectivity index (χ0) is 13.7. The Labute approximate surface area is 121 Å². The number of hydrogen-bond acceptors (Lipinski definition) is 4. The van der Waals surface area contributed by atoms with Gasteiger partial charge in [-0.15, -0.1) is 0 Å². The molecule has 1 aromatic heterocycles. The molecular formula is C13H12Cl2N2O2. The summed E-state index contributed by atoms with van der Waals surface area (Å²) in [4.78, 5) is 8.42. The molecule has 0 aliphatic rings. The van der Waals surface area contributed by atoms with Crippen LogP contribution in [0.5, 0.6) is 5.88 Å². The Bertz CT molecular complexity index is 564. The highest BCUT2D eigenvalue weighted by molar-refractivity contribution is 6.36. The average molecular weight is 299 g/mol. The molecule has 0 amide bonds. The Morgan fingerprint density at radius 2 is 1.89 bits per heavy atom. The van der Waals surface area contributed by atoms with Crippen LogP contribution < -0.4 is 4.74 Å². The minimum absolute atomic E-state index is 0.396. The van der Waals surface area contributed by atoms with Crippen molar-refractivity contribution >= 4 is 23.2 Å². The van der Waals surface area contributed by atoms with Crippen LogP contribution in [0.2, 0.25) is 10.0 Å².